The number of carbonyl (C=O) groups is 2. The normalized spacial score (nSPS) is 12.5. The van der Waals surface area contributed by atoms with Gasteiger partial charge >= 0.3 is 5.97 Å². The smallest absolute Gasteiger partial charge is 0.308 e. The van der Waals surface area contributed by atoms with Crippen LogP contribution in [0.25, 0.3) is 0 Å². The van der Waals surface area contributed by atoms with Crippen LogP contribution >= 0.6 is 11.6 Å². The maximum absolute atomic E-state index is 12.8. The largest absolute Gasteiger partial charge is 0.463 e. The molecule has 0 aliphatic rings. The monoisotopic (exact) mass is 423 g/mol. The molecule has 0 saturated carbocycles. The number of esters is 1. The predicted octanol–water partition coefficient (Wildman–Crippen LogP) is 3.56. The standard InChI is InChI=1S/C20H22ClNO5S/c1-13(2)27-19(23)12-17(14-8-4-6-10-16(14)21)22-20(24)15-9-5-7-11-18(15)28(3,25)26/h4-11,13,17H,12H2,1-3H3,(H,22,24)/t17-/m0/s1. The number of amides is 1. The summed E-state index contributed by atoms with van der Waals surface area (Å²) in [7, 11) is -3.60. The van der Waals surface area contributed by atoms with Crippen LogP contribution in [0.4, 0.5) is 0 Å². The summed E-state index contributed by atoms with van der Waals surface area (Å²) >= 11 is 6.24. The van der Waals surface area contributed by atoms with Crippen molar-refractivity contribution >= 4 is 33.3 Å². The molecule has 0 aliphatic carbocycles. The van der Waals surface area contributed by atoms with Gasteiger partial charge in [-0.1, -0.05) is 41.9 Å². The molecule has 8 heteroatoms. The van der Waals surface area contributed by atoms with Crippen molar-refractivity contribution in [2.75, 3.05) is 6.26 Å². The van der Waals surface area contributed by atoms with Crippen LogP contribution in [0.1, 0.15) is 42.2 Å². The summed E-state index contributed by atoms with van der Waals surface area (Å²) in [6.07, 6.45) is 0.584. The summed E-state index contributed by atoms with van der Waals surface area (Å²) in [5, 5.41) is 3.09. The minimum atomic E-state index is -3.60. The Kier molecular flexibility index (Phi) is 7.21. The molecule has 0 saturated heterocycles. The van der Waals surface area contributed by atoms with E-state index in [0.717, 1.165) is 6.26 Å². The lowest BCUT2D eigenvalue weighted by Crippen LogP contribution is -2.32. The number of nitrogens with one attached hydrogen (secondary N) is 1. The minimum Gasteiger partial charge on any atom is -0.463 e. The summed E-state index contributed by atoms with van der Waals surface area (Å²) in [5.41, 5.74) is 0.536. The van der Waals surface area contributed by atoms with Crippen molar-refractivity contribution in [2.24, 2.45) is 0 Å². The molecule has 0 fully saturated rings. The van der Waals surface area contributed by atoms with E-state index in [1.807, 2.05) is 0 Å². The highest BCUT2D eigenvalue weighted by Crippen LogP contribution is 2.26. The summed E-state index contributed by atoms with van der Waals surface area (Å²) in [6, 6.07) is 11.9. The van der Waals surface area contributed by atoms with Gasteiger partial charge in [0.25, 0.3) is 5.91 Å². The van der Waals surface area contributed by atoms with Crippen LogP contribution in [0, 0.1) is 0 Å². The third kappa shape index (κ3) is 5.81. The molecule has 0 heterocycles. The Labute approximate surface area is 169 Å². The fraction of sp³-hybridized carbons (Fsp3) is 0.300. The Morgan fingerprint density at radius 1 is 1.07 bits per heavy atom. The summed E-state index contributed by atoms with van der Waals surface area (Å²) in [5.74, 6) is -1.13. The van der Waals surface area contributed by atoms with Gasteiger partial charge in [0.15, 0.2) is 9.84 Å². The number of halogens is 1. The van der Waals surface area contributed by atoms with E-state index in [1.165, 1.54) is 12.1 Å². The molecule has 2 aromatic rings. The van der Waals surface area contributed by atoms with Gasteiger partial charge in [-0.2, -0.15) is 0 Å². The van der Waals surface area contributed by atoms with E-state index in [-0.39, 0.29) is 23.0 Å². The quantitative estimate of drug-likeness (QED) is 0.688. The molecule has 0 unspecified atom stereocenters. The first kappa shape index (κ1) is 21.9. The van der Waals surface area contributed by atoms with E-state index >= 15 is 0 Å². The summed E-state index contributed by atoms with van der Waals surface area (Å²) in [4.78, 5) is 24.9. The Bertz CT molecular complexity index is 972. The Balaban J connectivity index is 2.37. The molecular formula is C20H22ClNO5S. The van der Waals surface area contributed by atoms with Crippen molar-refractivity contribution < 1.29 is 22.7 Å². The van der Waals surface area contributed by atoms with Gasteiger partial charge in [-0.05, 0) is 37.6 Å². The molecule has 0 aromatic heterocycles. The molecule has 0 bridgehead atoms. The molecule has 2 rings (SSSR count). The number of benzene rings is 2. The van der Waals surface area contributed by atoms with Gasteiger partial charge in [0, 0.05) is 11.3 Å². The van der Waals surface area contributed by atoms with Crippen molar-refractivity contribution in [3.8, 4) is 0 Å². The van der Waals surface area contributed by atoms with Crippen LogP contribution in [0.15, 0.2) is 53.4 Å². The van der Waals surface area contributed by atoms with Crippen LogP contribution in [0.5, 0.6) is 0 Å². The molecule has 2 aromatic carbocycles. The highest BCUT2D eigenvalue weighted by atomic mass is 35.5. The highest BCUT2D eigenvalue weighted by molar-refractivity contribution is 7.90. The van der Waals surface area contributed by atoms with E-state index < -0.39 is 27.8 Å². The molecule has 6 nitrogen and oxygen atoms in total. The topological polar surface area (TPSA) is 89.5 Å². The zero-order valence-corrected chi connectivity index (χ0v) is 17.4. The lowest BCUT2D eigenvalue weighted by Gasteiger charge is -2.21. The fourth-order valence-corrected chi connectivity index (χ4v) is 3.84. The fourth-order valence-electron chi connectivity index (χ4n) is 2.69. The van der Waals surface area contributed by atoms with Crippen LogP contribution in [0.3, 0.4) is 0 Å². The minimum absolute atomic E-state index is 0.000666. The molecular weight excluding hydrogens is 402 g/mol. The third-order valence-corrected chi connectivity index (χ3v) is 5.35. The number of sulfone groups is 1. The van der Waals surface area contributed by atoms with Gasteiger partial charge in [0.05, 0.1) is 29.0 Å². The van der Waals surface area contributed by atoms with Crippen molar-refractivity contribution in [1.82, 2.24) is 5.32 Å². The summed E-state index contributed by atoms with van der Waals surface area (Å²) in [6.45, 7) is 3.45. The van der Waals surface area contributed by atoms with Crippen LogP contribution < -0.4 is 5.32 Å². The second-order valence-electron chi connectivity index (χ2n) is 6.56. The molecule has 1 amide bonds. The van der Waals surface area contributed by atoms with Gasteiger partial charge in [-0.3, -0.25) is 9.59 Å². The molecule has 1 atom stereocenters. The first-order valence-electron chi connectivity index (χ1n) is 8.63. The highest BCUT2D eigenvalue weighted by Gasteiger charge is 2.25. The zero-order valence-electron chi connectivity index (χ0n) is 15.8. The van der Waals surface area contributed by atoms with Crippen molar-refractivity contribution in [3.05, 3.63) is 64.7 Å². The number of carbonyl (C=O) groups excluding carboxylic acids is 2. The van der Waals surface area contributed by atoms with Gasteiger partial charge in [-0.15, -0.1) is 0 Å². The van der Waals surface area contributed by atoms with Crippen molar-refractivity contribution in [2.45, 2.75) is 37.3 Å². The number of hydrogen-bond acceptors (Lipinski definition) is 5. The molecule has 0 aliphatic heterocycles. The average molecular weight is 424 g/mol. The third-order valence-electron chi connectivity index (χ3n) is 3.86. The first-order valence-corrected chi connectivity index (χ1v) is 10.9. The van der Waals surface area contributed by atoms with E-state index in [4.69, 9.17) is 16.3 Å². The zero-order chi connectivity index (χ0) is 20.9. The van der Waals surface area contributed by atoms with Crippen molar-refractivity contribution in [3.63, 3.8) is 0 Å². The van der Waals surface area contributed by atoms with E-state index in [1.54, 1.807) is 50.2 Å². The predicted molar refractivity (Wildman–Crippen MR) is 107 cm³/mol. The maximum Gasteiger partial charge on any atom is 0.308 e. The van der Waals surface area contributed by atoms with Crippen LogP contribution in [-0.4, -0.2) is 32.7 Å². The summed E-state index contributed by atoms with van der Waals surface area (Å²) < 4.78 is 29.2. The van der Waals surface area contributed by atoms with E-state index in [9.17, 15) is 18.0 Å². The van der Waals surface area contributed by atoms with Gasteiger partial charge in [0.2, 0.25) is 0 Å². The molecule has 28 heavy (non-hydrogen) atoms. The van der Waals surface area contributed by atoms with Crippen molar-refractivity contribution in [1.29, 1.82) is 0 Å². The van der Waals surface area contributed by atoms with Gasteiger partial charge in [-0.25, -0.2) is 8.42 Å². The lowest BCUT2D eigenvalue weighted by molar-refractivity contribution is -0.147. The van der Waals surface area contributed by atoms with Gasteiger partial charge in [0.1, 0.15) is 0 Å². The molecule has 150 valence electrons. The second-order valence-corrected chi connectivity index (χ2v) is 8.95. The van der Waals surface area contributed by atoms with Gasteiger partial charge < -0.3 is 10.1 Å². The van der Waals surface area contributed by atoms with E-state index in [2.05, 4.69) is 5.32 Å². The molecule has 0 radical (unpaired) electrons. The Morgan fingerprint density at radius 2 is 1.68 bits per heavy atom. The number of ether oxygens (including phenoxy) is 1. The van der Waals surface area contributed by atoms with Crippen LogP contribution in [0.2, 0.25) is 5.02 Å². The number of hydrogen-bond donors (Lipinski definition) is 1. The average Bonchev–Trinajstić information content (AvgIpc) is 2.60. The Morgan fingerprint density at radius 3 is 2.29 bits per heavy atom. The Hall–Kier alpha value is -2.38. The van der Waals surface area contributed by atoms with Crippen LogP contribution in [-0.2, 0) is 19.4 Å². The lowest BCUT2D eigenvalue weighted by atomic mass is 10.0. The SMILES string of the molecule is CC(C)OC(=O)C[C@H](NC(=O)c1ccccc1S(C)(=O)=O)c1ccccc1Cl. The maximum atomic E-state index is 12.8. The second kappa shape index (κ2) is 9.21. The number of rotatable bonds is 7. The first-order chi connectivity index (χ1) is 13.1. The molecule has 0 spiro atoms. The molecule has 1 N–H and O–H groups in total. The van der Waals surface area contributed by atoms with E-state index in [0.29, 0.717) is 10.6 Å².